The van der Waals surface area contributed by atoms with Crippen molar-refractivity contribution in [1.29, 1.82) is 0 Å². The van der Waals surface area contributed by atoms with E-state index in [9.17, 15) is 14.4 Å². The summed E-state index contributed by atoms with van der Waals surface area (Å²) in [5.74, 6) is 0.562. The normalized spacial score (nSPS) is 18.8. The number of piperazine rings is 3. The summed E-state index contributed by atoms with van der Waals surface area (Å²) in [6.45, 7) is 8.37. The molecule has 2 N–H and O–H groups in total. The third kappa shape index (κ3) is 10.3. The molecule has 0 aromatic heterocycles. The fourth-order valence-corrected chi connectivity index (χ4v) is 4.18. The predicted molar refractivity (Wildman–Crippen MR) is 145 cm³/mol. The molecule has 9 heteroatoms. The monoisotopic (exact) mass is 508 g/mol. The molecule has 2 aromatic rings. The molecule has 0 saturated carbocycles. The Morgan fingerprint density at radius 1 is 0.649 bits per heavy atom. The van der Waals surface area contributed by atoms with E-state index in [2.05, 4.69) is 39.8 Å². The van der Waals surface area contributed by atoms with Gasteiger partial charge in [0.15, 0.2) is 0 Å². The van der Waals surface area contributed by atoms with Crippen LogP contribution in [0.25, 0.3) is 0 Å². The molecule has 3 saturated heterocycles. The molecule has 3 heterocycles. The van der Waals surface area contributed by atoms with Gasteiger partial charge in [0.1, 0.15) is 0 Å². The lowest BCUT2D eigenvalue weighted by Crippen LogP contribution is -2.48. The smallest absolute Gasteiger partial charge is 0.237 e. The minimum Gasteiger partial charge on any atom is -0.354 e. The van der Waals surface area contributed by atoms with E-state index in [4.69, 9.17) is 0 Å². The van der Waals surface area contributed by atoms with Gasteiger partial charge in [-0.1, -0.05) is 60.7 Å². The second-order valence-corrected chi connectivity index (χ2v) is 9.60. The first-order valence-electron chi connectivity index (χ1n) is 12.9. The molecule has 37 heavy (non-hydrogen) atoms. The van der Waals surface area contributed by atoms with Crippen LogP contribution in [-0.2, 0) is 27.5 Å². The molecule has 3 fully saturated rings. The Balaban J connectivity index is 0.000000161. The summed E-state index contributed by atoms with van der Waals surface area (Å²) in [7, 11) is 3.93. The minimum absolute atomic E-state index is 0.138. The summed E-state index contributed by atoms with van der Waals surface area (Å²) in [6.07, 6.45) is 0. The molecule has 0 bridgehead atoms. The number of nitrogens with one attached hydrogen (secondary N) is 2. The lowest BCUT2D eigenvalue weighted by Gasteiger charge is -2.32. The second kappa shape index (κ2) is 15.1. The SMILES string of the molecule is CN1CCN(Cc2ccccc2)C(=O)C1.CN1CCNC(=O)C1.O=C1CNCCN1Cc1ccccc1. The summed E-state index contributed by atoms with van der Waals surface area (Å²) < 4.78 is 0. The van der Waals surface area contributed by atoms with Crippen LogP contribution >= 0.6 is 0 Å². The molecule has 3 aliphatic heterocycles. The number of hydrogen-bond donors (Lipinski definition) is 2. The highest BCUT2D eigenvalue weighted by molar-refractivity contribution is 5.79. The summed E-state index contributed by atoms with van der Waals surface area (Å²) in [6, 6.07) is 20.2. The Bertz CT molecular complexity index is 988. The lowest BCUT2D eigenvalue weighted by molar-refractivity contribution is -0.136. The first-order valence-corrected chi connectivity index (χ1v) is 12.9. The third-order valence-corrected chi connectivity index (χ3v) is 6.36. The van der Waals surface area contributed by atoms with Crippen molar-refractivity contribution in [2.45, 2.75) is 13.1 Å². The molecule has 0 atom stereocenters. The van der Waals surface area contributed by atoms with Crippen LogP contribution in [-0.4, -0.2) is 110 Å². The lowest BCUT2D eigenvalue weighted by atomic mass is 10.2. The van der Waals surface area contributed by atoms with Crippen molar-refractivity contribution in [3.63, 3.8) is 0 Å². The van der Waals surface area contributed by atoms with E-state index < -0.39 is 0 Å². The van der Waals surface area contributed by atoms with Gasteiger partial charge >= 0.3 is 0 Å². The van der Waals surface area contributed by atoms with Gasteiger partial charge in [0.2, 0.25) is 17.7 Å². The third-order valence-electron chi connectivity index (χ3n) is 6.36. The molecule has 2 aromatic carbocycles. The molecule has 5 rings (SSSR count). The number of carbonyl (C=O) groups is 3. The zero-order valence-corrected chi connectivity index (χ0v) is 22.1. The fraction of sp³-hybridized carbons (Fsp3) is 0.464. The van der Waals surface area contributed by atoms with Gasteiger partial charge in [-0.15, -0.1) is 0 Å². The minimum atomic E-state index is 0.138. The van der Waals surface area contributed by atoms with Crippen molar-refractivity contribution in [2.24, 2.45) is 0 Å². The Morgan fingerprint density at radius 2 is 1.22 bits per heavy atom. The van der Waals surface area contributed by atoms with Gasteiger partial charge in [-0.3, -0.25) is 24.2 Å². The molecule has 0 unspecified atom stereocenters. The Morgan fingerprint density at radius 3 is 1.70 bits per heavy atom. The summed E-state index contributed by atoms with van der Waals surface area (Å²) in [5, 5.41) is 5.79. The number of hydrogen-bond acceptors (Lipinski definition) is 6. The fourth-order valence-electron chi connectivity index (χ4n) is 4.18. The number of carbonyl (C=O) groups excluding carboxylic acids is 3. The van der Waals surface area contributed by atoms with Crippen molar-refractivity contribution in [3.8, 4) is 0 Å². The average Bonchev–Trinajstić information content (AvgIpc) is 2.89. The summed E-state index contributed by atoms with van der Waals surface area (Å²) in [5.41, 5.74) is 2.40. The van der Waals surface area contributed by atoms with Crippen LogP contribution in [0.3, 0.4) is 0 Å². The standard InChI is InChI=1S/C12H16N2O.C11H14N2O.C5H10N2O/c1-13-7-8-14(12(15)10-13)9-11-5-3-2-4-6-11;14-11-8-12-6-7-13(11)9-10-4-2-1-3-5-10;1-7-3-2-6-5(8)4-7/h2-6H,7-10H2,1H3;1-5,12H,6-9H2;2-4H2,1H3,(H,6,8). The van der Waals surface area contributed by atoms with Crippen molar-refractivity contribution >= 4 is 17.7 Å². The quantitative estimate of drug-likeness (QED) is 0.630. The summed E-state index contributed by atoms with van der Waals surface area (Å²) >= 11 is 0. The van der Waals surface area contributed by atoms with Crippen molar-refractivity contribution in [3.05, 3.63) is 71.8 Å². The molecule has 200 valence electrons. The van der Waals surface area contributed by atoms with Crippen LogP contribution in [0, 0.1) is 0 Å². The Hall–Kier alpha value is -3.27. The Labute approximate surface area is 220 Å². The zero-order valence-electron chi connectivity index (χ0n) is 22.1. The van der Waals surface area contributed by atoms with Gasteiger partial charge in [-0.2, -0.15) is 0 Å². The van der Waals surface area contributed by atoms with Crippen LogP contribution in [0.15, 0.2) is 60.7 Å². The molecule has 3 amide bonds. The molecular weight excluding hydrogens is 468 g/mol. The van der Waals surface area contributed by atoms with E-state index >= 15 is 0 Å². The van der Waals surface area contributed by atoms with E-state index in [0.29, 0.717) is 19.6 Å². The van der Waals surface area contributed by atoms with Crippen LogP contribution in [0.5, 0.6) is 0 Å². The maximum atomic E-state index is 11.7. The maximum Gasteiger partial charge on any atom is 0.237 e. The van der Waals surface area contributed by atoms with Crippen molar-refractivity contribution in [1.82, 2.24) is 30.2 Å². The molecule has 9 nitrogen and oxygen atoms in total. The number of nitrogens with zero attached hydrogens (tertiary/aromatic N) is 4. The number of benzene rings is 2. The van der Waals surface area contributed by atoms with Crippen molar-refractivity contribution < 1.29 is 14.4 Å². The highest BCUT2D eigenvalue weighted by Crippen LogP contribution is 2.08. The number of rotatable bonds is 4. The number of likely N-dealkylation sites (N-methyl/N-ethyl adjacent to an activating group) is 2. The topological polar surface area (TPSA) is 88.2 Å². The van der Waals surface area contributed by atoms with Crippen LogP contribution < -0.4 is 10.6 Å². The molecular formula is C28H40N6O3. The molecule has 0 spiro atoms. The van der Waals surface area contributed by atoms with Gasteiger partial charge in [0, 0.05) is 52.4 Å². The maximum absolute atomic E-state index is 11.7. The van der Waals surface area contributed by atoms with Crippen LogP contribution in [0.2, 0.25) is 0 Å². The zero-order chi connectivity index (χ0) is 26.5. The highest BCUT2D eigenvalue weighted by Gasteiger charge is 2.21. The van der Waals surface area contributed by atoms with E-state index in [1.807, 2.05) is 65.2 Å². The first-order chi connectivity index (χ1) is 17.9. The van der Waals surface area contributed by atoms with Crippen molar-refractivity contribution in [2.75, 3.05) is 73.0 Å². The highest BCUT2D eigenvalue weighted by atomic mass is 16.2. The average molecular weight is 509 g/mol. The van der Waals surface area contributed by atoms with Gasteiger partial charge in [-0.05, 0) is 25.2 Å². The van der Waals surface area contributed by atoms with Gasteiger partial charge in [0.25, 0.3) is 0 Å². The first kappa shape index (κ1) is 28.3. The predicted octanol–water partition coefficient (Wildman–Crippen LogP) is 0.627. The van der Waals surface area contributed by atoms with E-state index in [1.165, 1.54) is 11.1 Å². The molecule has 3 aliphatic rings. The van der Waals surface area contributed by atoms with Gasteiger partial charge < -0.3 is 20.4 Å². The molecule has 0 aliphatic carbocycles. The molecule has 0 radical (unpaired) electrons. The van der Waals surface area contributed by atoms with Gasteiger partial charge in [-0.25, -0.2) is 0 Å². The second-order valence-electron chi connectivity index (χ2n) is 9.60. The van der Waals surface area contributed by atoms with Crippen LogP contribution in [0.1, 0.15) is 11.1 Å². The van der Waals surface area contributed by atoms with E-state index in [1.54, 1.807) is 0 Å². The summed E-state index contributed by atoms with van der Waals surface area (Å²) in [4.78, 5) is 41.6. The number of amides is 3. The largest absolute Gasteiger partial charge is 0.354 e. The van der Waals surface area contributed by atoms with E-state index in [0.717, 1.165) is 52.4 Å². The van der Waals surface area contributed by atoms with E-state index in [-0.39, 0.29) is 17.7 Å². The van der Waals surface area contributed by atoms with Crippen LogP contribution in [0.4, 0.5) is 0 Å². The Kier molecular flexibility index (Phi) is 11.5. The van der Waals surface area contributed by atoms with Gasteiger partial charge in [0.05, 0.1) is 19.6 Å².